The number of ether oxygens (including phenoxy) is 1. The number of benzene rings is 3. The van der Waals surface area contributed by atoms with Gasteiger partial charge in [0, 0.05) is 18.7 Å². The van der Waals surface area contributed by atoms with Gasteiger partial charge in [-0.2, -0.15) is 0 Å². The molecule has 0 spiro atoms. The highest BCUT2D eigenvalue weighted by molar-refractivity contribution is 6.39. The Kier molecular flexibility index (Phi) is 7.67. The Labute approximate surface area is 226 Å². The van der Waals surface area contributed by atoms with Crippen molar-refractivity contribution in [2.75, 3.05) is 19.8 Å². The van der Waals surface area contributed by atoms with Gasteiger partial charge in [-0.15, -0.1) is 0 Å². The van der Waals surface area contributed by atoms with E-state index in [0.717, 1.165) is 77.9 Å². The zero-order chi connectivity index (χ0) is 26.9. The Balaban J connectivity index is 1.47. The van der Waals surface area contributed by atoms with Gasteiger partial charge in [0.2, 0.25) is 0 Å². The maximum atomic E-state index is 15.2. The molecule has 0 amide bonds. The fraction of sp³-hybridized carbons (Fsp3) is 0.355. The van der Waals surface area contributed by atoms with E-state index in [1.807, 2.05) is 43.3 Å². The molecule has 5 rings (SSSR count). The fourth-order valence-corrected chi connectivity index (χ4v) is 5.89. The lowest BCUT2D eigenvalue weighted by atomic mass is 9.59. The number of nitrogens with zero attached hydrogens (tertiary/aromatic N) is 1. The molecular weight excluding hydrogens is 478 g/mol. The van der Waals surface area contributed by atoms with E-state index in [9.17, 15) is 9.50 Å². The molecule has 1 aliphatic carbocycles. The van der Waals surface area contributed by atoms with Crippen molar-refractivity contribution in [2.45, 2.75) is 50.5 Å². The first-order chi connectivity index (χ1) is 18.2. The first kappa shape index (κ1) is 26.6. The normalized spacial score (nSPS) is 18.3. The summed E-state index contributed by atoms with van der Waals surface area (Å²) < 4.78 is 34.6. The number of rotatable bonds is 7. The third-order valence-electron chi connectivity index (χ3n) is 8.14. The third-order valence-corrected chi connectivity index (χ3v) is 8.14. The second-order valence-corrected chi connectivity index (χ2v) is 11.3. The molecule has 3 aromatic carbocycles. The Morgan fingerprint density at radius 1 is 1.03 bits per heavy atom. The lowest BCUT2D eigenvalue weighted by molar-refractivity contribution is 0.180. The molecule has 1 N–H and O–H groups in total. The highest BCUT2D eigenvalue weighted by atomic mass is 19.1. The van der Waals surface area contributed by atoms with Crippen molar-refractivity contribution in [3.63, 3.8) is 0 Å². The quantitative estimate of drug-likeness (QED) is 0.458. The van der Waals surface area contributed by atoms with Gasteiger partial charge in [0.05, 0.1) is 6.67 Å². The van der Waals surface area contributed by atoms with Crippen molar-refractivity contribution in [1.29, 1.82) is 0 Å². The van der Waals surface area contributed by atoms with Crippen LogP contribution in [-0.2, 0) is 6.42 Å². The molecule has 3 nitrogen and oxygen atoms in total. The van der Waals surface area contributed by atoms with Crippen molar-refractivity contribution in [1.82, 2.24) is 4.90 Å². The predicted octanol–water partition coefficient (Wildman–Crippen LogP) is 4.87. The summed E-state index contributed by atoms with van der Waals surface area (Å²) in [6.45, 7) is 3.27. The van der Waals surface area contributed by atoms with Crippen molar-refractivity contribution < 1.29 is 18.6 Å². The first-order valence-electron chi connectivity index (χ1n) is 13.7. The van der Waals surface area contributed by atoms with Crippen LogP contribution in [-0.4, -0.2) is 56.9 Å². The van der Waals surface area contributed by atoms with Gasteiger partial charge >= 0.3 is 0 Å². The minimum Gasteiger partial charge on any atom is -0.508 e. The predicted molar refractivity (Wildman–Crippen MR) is 156 cm³/mol. The van der Waals surface area contributed by atoms with Gasteiger partial charge in [-0.05, 0) is 108 Å². The maximum Gasteiger partial charge on any atom is 0.130 e. The topological polar surface area (TPSA) is 32.7 Å². The number of allylic oxidation sites excluding steroid dienone is 1. The Bertz CT molecular complexity index is 1340. The molecule has 3 aromatic rings. The number of phenols is 1. The van der Waals surface area contributed by atoms with Gasteiger partial charge in [-0.3, -0.25) is 4.39 Å². The van der Waals surface area contributed by atoms with E-state index in [4.69, 9.17) is 4.74 Å². The van der Waals surface area contributed by atoms with Gasteiger partial charge in [-0.1, -0.05) is 30.3 Å². The number of phenolic OH excluding ortho intramolecular Hbond substituents is 1. The third kappa shape index (κ3) is 5.54. The van der Waals surface area contributed by atoms with Gasteiger partial charge in [0.15, 0.2) is 0 Å². The van der Waals surface area contributed by atoms with Crippen molar-refractivity contribution in [2.24, 2.45) is 0 Å². The van der Waals surface area contributed by atoms with Crippen LogP contribution in [0.5, 0.6) is 11.5 Å². The lowest BCUT2D eigenvalue weighted by Gasteiger charge is -2.35. The molecule has 196 valence electrons. The van der Waals surface area contributed by atoms with Crippen LogP contribution in [0, 0.1) is 12.7 Å². The second kappa shape index (κ2) is 11.0. The number of hydrogen-bond donors (Lipinski definition) is 1. The van der Waals surface area contributed by atoms with E-state index in [-0.39, 0.29) is 29.7 Å². The number of halogens is 2. The molecule has 0 unspecified atom stereocenters. The number of hydrogen-bond acceptors (Lipinski definition) is 3. The Morgan fingerprint density at radius 3 is 2.53 bits per heavy atom. The largest absolute Gasteiger partial charge is 0.508 e. The summed E-state index contributed by atoms with van der Waals surface area (Å²) in [6.07, 6.45) is 3.94. The SMILES string of the molecule is BC(B)(CCF)N1CC[C@H](Oc2ccc(C3=C(c4ccc(C)cc4F)CCCc4cc(O)ccc43)cc2)C1. The Hall–Kier alpha value is -3.05. The summed E-state index contributed by atoms with van der Waals surface area (Å²) in [5, 5.41) is 9.98. The van der Waals surface area contributed by atoms with Crippen LogP contribution < -0.4 is 4.74 Å². The van der Waals surface area contributed by atoms with Crippen molar-refractivity contribution >= 4 is 26.8 Å². The molecule has 1 atom stereocenters. The minimum atomic E-state index is -0.316. The molecule has 1 saturated heterocycles. The van der Waals surface area contributed by atoms with E-state index < -0.39 is 0 Å². The van der Waals surface area contributed by atoms with Crippen LogP contribution >= 0.6 is 0 Å². The molecule has 38 heavy (non-hydrogen) atoms. The summed E-state index contributed by atoms with van der Waals surface area (Å²) >= 11 is 0. The van der Waals surface area contributed by atoms with Gasteiger partial charge in [-0.25, -0.2) is 4.39 Å². The van der Waals surface area contributed by atoms with Gasteiger partial charge in [0.1, 0.15) is 39.1 Å². The molecule has 0 aromatic heterocycles. The molecule has 0 bridgehead atoms. The van der Waals surface area contributed by atoms with Crippen molar-refractivity contribution in [3.05, 3.63) is 94.3 Å². The van der Waals surface area contributed by atoms with E-state index in [2.05, 4.69) is 32.7 Å². The summed E-state index contributed by atoms with van der Waals surface area (Å²) in [5.41, 5.74) is 6.63. The molecule has 0 saturated carbocycles. The number of fused-ring (bicyclic) bond motifs is 1. The number of likely N-dealkylation sites (tertiary alicyclic amines) is 1. The molecular formula is C31H35B2F2NO2. The van der Waals surface area contributed by atoms with Crippen molar-refractivity contribution in [3.8, 4) is 11.5 Å². The van der Waals surface area contributed by atoms with Crippen LogP contribution in [0.1, 0.15) is 53.5 Å². The van der Waals surface area contributed by atoms with E-state index >= 15 is 4.39 Å². The molecule has 0 radical (unpaired) electrons. The van der Waals surface area contributed by atoms with Gasteiger partial charge < -0.3 is 14.7 Å². The monoisotopic (exact) mass is 513 g/mol. The second-order valence-electron chi connectivity index (χ2n) is 11.3. The van der Waals surface area contributed by atoms with E-state index in [1.165, 1.54) is 0 Å². The van der Waals surface area contributed by atoms with Crippen LogP contribution in [0.15, 0.2) is 60.7 Å². The molecule has 2 aliphatic rings. The zero-order valence-electron chi connectivity index (χ0n) is 22.6. The van der Waals surface area contributed by atoms with Crippen LogP contribution in [0.3, 0.4) is 0 Å². The summed E-state index contributed by atoms with van der Waals surface area (Å²) in [6, 6.07) is 19.0. The molecule has 7 heteroatoms. The average molecular weight is 513 g/mol. The summed E-state index contributed by atoms with van der Waals surface area (Å²) in [5.74, 6) is 0.838. The highest BCUT2D eigenvalue weighted by Crippen LogP contribution is 2.42. The van der Waals surface area contributed by atoms with Crippen LogP contribution in [0.4, 0.5) is 8.78 Å². The average Bonchev–Trinajstić information content (AvgIpc) is 3.27. The van der Waals surface area contributed by atoms with E-state index in [1.54, 1.807) is 12.1 Å². The molecule has 1 heterocycles. The van der Waals surface area contributed by atoms with Crippen LogP contribution in [0.25, 0.3) is 11.1 Å². The van der Waals surface area contributed by atoms with Gasteiger partial charge in [0.25, 0.3) is 0 Å². The Morgan fingerprint density at radius 2 is 1.79 bits per heavy atom. The van der Waals surface area contributed by atoms with Crippen LogP contribution in [0.2, 0.25) is 0 Å². The van der Waals surface area contributed by atoms with E-state index in [0.29, 0.717) is 12.0 Å². The first-order valence-corrected chi connectivity index (χ1v) is 13.7. The summed E-state index contributed by atoms with van der Waals surface area (Å²) in [7, 11) is 4.19. The standard InChI is InChI=1S/C31H35B2F2NO2/c1-20-5-11-27(29(35)17-20)28-4-2-3-22-18-23(37)8-12-26(22)30(28)21-6-9-24(10-7-21)38-25-13-16-36(19-25)31(32,33)14-15-34/h5-12,17-18,25,37H,2-4,13-16,19,32-33H2,1H3/t25-/m0/s1. The lowest BCUT2D eigenvalue weighted by Crippen LogP contribution is -2.49. The number of alkyl halides is 1. The minimum absolute atomic E-state index is 0.0674. The maximum absolute atomic E-state index is 15.2. The summed E-state index contributed by atoms with van der Waals surface area (Å²) in [4.78, 5) is 2.32. The fourth-order valence-electron chi connectivity index (χ4n) is 5.89. The zero-order valence-corrected chi connectivity index (χ0v) is 22.6. The number of aromatic hydroxyl groups is 1. The molecule has 1 aliphatic heterocycles. The smallest absolute Gasteiger partial charge is 0.130 e. The molecule has 1 fully saturated rings. The highest BCUT2D eigenvalue weighted by Gasteiger charge is 2.34. The number of aryl methyl sites for hydroxylation is 2.